The van der Waals surface area contributed by atoms with E-state index in [1.165, 1.54) is 7.11 Å². The highest BCUT2D eigenvalue weighted by Gasteiger charge is 2.13. The quantitative estimate of drug-likeness (QED) is 0.717. The topological polar surface area (TPSA) is 78.8 Å². The molecule has 5 nitrogen and oxygen atoms in total. The number of hydrogen-bond acceptors (Lipinski definition) is 4. The van der Waals surface area contributed by atoms with Gasteiger partial charge >= 0.3 is 7.12 Å². The monoisotopic (exact) mass is 319 g/mol. The summed E-state index contributed by atoms with van der Waals surface area (Å²) in [6, 6.07) is 11.4. The van der Waals surface area contributed by atoms with Crippen LogP contribution in [0.1, 0.15) is 15.9 Å². The minimum absolute atomic E-state index is 0.300. The number of hydrogen-bond donors (Lipinski definition) is 3. The molecule has 0 aliphatic carbocycles. The Morgan fingerprint density at radius 2 is 1.91 bits per heavy atom. The van der Waals surface area contributed by atoms with E-state index in [-0.39, 0.29) is 5.91 Å². The molecule has 7 heteroatoms. The van der Waals surface area contributed by atoms with Crippen LogP contribution in [0.15, 0.2) is 42.5 Å². The molecule has 22 heavy (non-hydrogen) atoms. The highest BCUT2D eigenvalue weighted by Crippen LogP contribution is 2.22. The summed E-state index contributed by atoms with van der Waals surface area (Å²) in [7, 11) is -0.0155. The average Bonchev–Trinajstić information content (AvgIpc) is 2.53. The first-order chi connectivity index (χ1) is 10.5. The maximum atomic E-state index is 12.2. The molecule has 0 radical (unpaired) electrons. The van der Waals surface area contributed by atoms with Gasteiger partial charge in [0.05, 0.1) is 12.7 Å². The molecule has 2 rings (SSSR count). The lowest BCUT2D eigenvalue weighted by atomic mass is 9.80. The lowest BCUT2D eigenvalue weighted by Gasteiger charge is -2.10. The molecule has 2 aromatic carbocycles. The molecule has 0 saturated heterocycles. The normalized spacial score (nSPS) is 10.2. The zero-order valence-corrected chi connectivity index (χ0v) is 12.7. The van der Waals surface area contributed by atoms with Gasteiger partial charge in [0.2, 0.25) is 0 Å². The second-order valence-corrected chi connectivity index (χ2v) is 5.08. The number of ether oxygens (including phenoxy) is 1. The summed E-state index contributed by atoms with van der Waals surface area (Å²) >= 11 is 5.90. The Bertz CT molecular complexity index is 661. The molecule has 0 aliphatic heterocycles. The molecular formula is C15H15BClNO4. The number of nitrogens with one attached hydrogen (secondary N) is 1. The van der Waals surface area contributed by atoms with Gasteiger partial charge in [-0.25, -0.2) is 0 Å². The van der Waals surface area contributed by atoms with Gasteiger partial charge in [0.25, 0.3) is 5.91 Å². The second kappa shape index (κ2) is 7.31. The van der Waals surface area contributed by atoms with E-state index >= 15 is 0 Å². The predicted molar refractivity (Wildman–Crippen MR) is 85.4 cm³/mol. The molecule has 114 valence electrons. The van der Waals surface area contributed by atoms with Gasteiger partial charge in [-0.2, -0.15) is 0 Å². The van der Waals surface area contributed by atoms with Crippen molar-refractivity contribution in [1.29, 1.82) is 0 Å². The molecule has 0 aromatic heterocycles. The fourth-order valence-electron chi connectivity index (χ4n) is 1.94. The van der Waals surface area contributed by atoms with Crippen LogP contribution in [-0.4, -0.2) is 30.2 Å². The van der Waals surface area contributed by atoms with Gasteiger partial charge in [0.1, 0.15) is 5.75 Å². The second-order valence-electron chi connectivity index (χ2n) is 4.64. The zero-order chi connectivity index (χ0) is 16.1. The van der Waals surface area contributed by atoms with Crippen molar-refractivity contribution in [2.75, 3.05) is 7.11 Å². The Morgan fingerprint density at radius 1 is 1.23 bits per heavy atom. The first-order valence-electron chi connectivity index (χ1n) is 6.58. The van der Waals surface area contributed by atoms with E-state index < -0.39 is 7.12 Å². The molecular weight excluding hydrogens is 304 g/mol. The van der Waals surface area contributed by atoms with Gasteiger partial charge in [-0.05, 0) is 29.2 Å². The van der Waals surface area contributed by atoms with Crippen molar-refractivity contribution in [3.05, 3.63) is 58.6 Å². The van der Waals surface area contributed by atoms with Crippen LogP contribution in [0.2, 0.25) is 5.02 Å². The molecule has 0 aliphatic rings. The van der Waals surface area contributed by atoms with Crippen molar-refractivity contribution in [2.24, 2.45) is 0 Å². The summed E-state index contributed by atoms with van der Waals surface area (Å²) in [6.07, 6.45) is 0. The number of methoxy groups -OCH3 is 1. The summed E-state index contributed by atoms with van der Waals surface area (Å²) in [5, 5.41) is 21.3. The van der Waals surface area contributed by atoms with E-state index in [0.717, 1.165) is 5.56 Å². The summed E-state index contributed by atoms with van der Waals surface area (Å²) in [5.74, 6) is 0.145. The zero-order valence-electron chi connectivity index (χ0n) is 11.9. The summed E-state index contributed by atoms with van der Waals surface area (Å²) in [4.78, 5) is 12.2. The first kappa shape index (κ1) is 16.4. The standard InChI is InChI=1S/C15H15BClNO4/c1-22-14-7-6-12(17)8-13(14)15(19)18-9-10-2-4-11(5-3-10)16(20)21/h2-8,20-21H,9H2,1H3,(H,18,19). The molecule has 0 bridgehead atoms. The van der Waals surface area contributed by atoms with Crippen LogP contribution in [0.3, 0.4) is 0 Å². The number of benzene rings is 2. The van der Waals surface area contributed by atoms with Crippen molar-refractivity contribution in [3.63, 3.8) is 0 Å². The average molecular weight is 320 g/mol. The van der Waals surface area contributed by atoms with Gasteiger partial charge in [0.15, 0.2) is 0 Å². The smallest absolute Gasteiger partial charge is 0.488 e. The summed E-state index contributed by atoms with van der Waals surface area (Å²) in [6.45, 7) is 0.302. The van der Waals surface area contributed by atoms with E-state index in [9.17, 15) is 4.79 Å². The molecule has 0 atom stereocenters. The highest BCUT2D eigenvalue weighted by atomic mass is 35.5. The molecule has 0 spiro atoms. The van der Waals surface area contributed by atoms with Gasteiger partial charge in [-0.3, -0.25) is 4.79 Å². The van der Waals surface area contributed by atoms with Crippen molar-refractivity contribution >= 4 is 30.1 Å². The summed E-state index contributed by atoms with van der Waals surface area (Å²) in [5.41, 5.74) is 1.59. The number of carbonyl (C=O) groups excluding carboxylic acids is 1. The number of rotatable bonds is 5. The number of carbonyl (C=O) groups is 1. The van der Waals surface area contributed by atoms with Crippen LogP contribution in [0, 0.1) is 0 Å². The number of halogens is 1. The molecule has 0 heterocycles. The van der Waals surface area contributed by atoms with Crippen molar-refractivity contribution in [3.8, 4) is 5.75 Å². The SMILES string of the molecule is COc1ccc(Cl)cc1C(=O)NCc1ccc(B(O)O)cc1. The Labute approximate surface area is 133 Å². The lowest BCUT2D eigenvalue weighted by Crippen LogP contribution is -2.30. The number of amides is 1. The van der Waals surface area contributed by atoms with Gasteiger partial charge in [-0.15, -0.1) is 0 Å². The van der Waals surface area contributed by atoms with Crippen LogP contribution in [-0.2, 0) is 6.54 Å². The van der Waals surface area contributed by atoms with Gasteiger partial charge in [-0.1, -0.05) is 35.9 Å². The Balaban J connectivity index is 2.05. The Hall–Kier alpha value is -2.02. The van der Waals surface area contributed by atoms with Crippen LogP contribution in [0.5, 0.6) is 5.75 Å². The summed E-state index contributed by atoms with van der Waals surface area (Å²) < 4.78 is 5.14. The Morgan fingerprint density at radius 3 is 2.50 bits per heavy atom. The van der Waals surface area contributed by atoms with Crippen LogP contribution < -0.4 is 15.5 Å². The third-order valence-electron chi connectivity index (χ3n) is 3.14. The Kier molecular flexibility index (Phi) is 5.43. The van der Waals surface area contributed by atoms with Gasteiger partial charge in [0, 0.05) is 11.6 Å². The fourth-order valence-corrected chi connectivity index (χ4v) is 2.11. The third-order valence-corrected chi connectivity index (χ3v) is 3.37. The van der Waals surface area contributed by atoms with E-state index in [1.807, 2.05) is 0 Å². The van der Waals surface area contributed by atoms with Crippen molar-refractivity contribution in [2.45, 2.75) is 6.54 Å². The van der Waals surface area contributed by atoms with E-state index in [0.29, 0.717) is 28.3 Å². The van der Waals surface area contributed by atoms with Crippen LogP contribution >= 0.6 is 11.6 Å². The maximum absolute atomic E-state index is 12.2. The molecule has 0 saturated carbocycles. The van der Waals surface area contributed by atoms with Crippen LogP contribution in [0.25, 0.3) is 0 Å². The van der Waals surface area contributed by atoms with E-state index in [1.54, 1.807) is 42.5 Å². The molecule has 1 amide bonds. The molecule has 0 unspecified atom stereocenters. The first-order valence-corrected chi connectivity index (χ1v) is 6.96. The highest BCUT2D eigenvalue weighted by molar-refractivity contribution is 6.58. The van der Waals surface area contributed by atoms with Crippen molar-refractivity contribution < 1.29 is 19.6 Å². The fraction of sp³-hybridized carbons (Fsp3) is 0.133. The van der Waals surface area contributed by atoms with E-state index in [4.69, 9.17) is 26.4 Å². The minimum Gasteiger partial charge on any atom is -0.496 e. The molecule has 3 N–H and O–H groups in total. The minimum atomic E-state index is -1.50. The van der Waals surface area contributed by atoms with Crippen LogP contribution in [0.4, 0.5) is 0 Å². The van der Waals surface area contributed by atoms with Crippen molar-refractivity contribution in [1.82, 2.24) is 5.32 Å². The van der Waals surface area contributed by atoms with E-state index in [2.05, 4.69) is 5.32 Å². The lowest BCUT2D eigenvalue weighted by molar-refractivity contribution is 0.0948. The largest absolute Gasteiger partial charge is 0.496 e. The molecule has 0 fully saturated rings. The van der Waals surface area contributed by atoms with Gasteiger partial charge < -0.3 is 20.1 Å². The predicted octanol–water partition coefficient (Wildman–Crippen LogP) is 0.958. The third kappa shape index (κ3) is 4.01. The maximum Gasteiger partial charge on any atom is 0.488 e. The molecule has 2 aromatic rings.